The molecule has 11 heavy (non-hydrogen) atoms. The molecule has 1 amide bonds. The van der Waals surface area contributed by atoms with Gasteiger partial charge in [0.25, 0.3) is 0 Å². The van der Waals surface area contributed by atoms with Crippen LogP contribution in [-0.2, 0) is 4.79 Å². The Morgan fingerprint density at radius 3 is 2.18 bits per heavy atom. The molecular formula is C8H17NOS. The highest BCUT2D eigenvalue weighted by Gasteiger charge is 2.15. The molecule has 1 atom stereocenters. The lowest BCUT2D eigenvalue weighted by Crippen LogP contribution is -2.35. The van der Waals surface area contributed by atoms with Gasteiger partial charge in [-0.2, -0.15) is 12.6 Å². The zero-order chi connectivity index (χ0) is 8.85. The fourth-order valence-electron chi connectivity index (χ4n) is 0.925. The Morgan fingerprint density at radius 1 is 1.45 bits per heavy atom. The first-order valence-corrected chi connectivity index (χ1v) is 4.70. The summed E-state index contributed by atoms with van der Waals surface area (Å²) in [6, 6.07) is 0. The maximum Gasteiger partial charge on any atom is 0.226 e. The van der Waals surface area contributed by atoms with E-state index in [2.05, 4.69) is 12.6 Å². The normalized spacial score (nSPS) is 12.7. The van der Waals surface area contributed by atoms with E-state index in [1.807, 2.05) is 25.7 Å². The average molecular weight is 175 g/mol. The standard InChI is InChI=1S/C8H17NOS/c1-4-9(5-2)8(10)7(3)6-11/h7,11H,4-6H2,1-3H3. The van der Waals surface area contributed by atoms with E-state index in [1.54, 1.807) is 0 Å². The van der Waals surface area contributed by atoms with E-state index in [0.29, 0.717) is 5.75 Å². The predicted molar refractivity (Wildman–Crippen MR) is 50.9 cm³/mol. The van der Waals surface area contributed by atoms with Crippen molar-refractivity contribution in [1.82, 2.24) is 4.90 Å². The van der Waals surface area contributed by atoms with Gasteiger partial charge < -0.3 is 4.90 Å². The molecule has 1 unspecified atom stereocenters. The van der Waals surface area contributed by atoms with Crippen LogP contribution in [0, 0.1) is 5.92 Å². The number of carbonyl (C=O) groups excluding carboxylic acids is 1. The number of hydrogen-bond donors (Lipinski definition) is 1. The molecule has 0 rings (SSSR count). The molecule has 0 radical (unpaired) electrons. The van der Waals surface area contributed by atoms with E-state index in [-0.39, 0.29) is 11.8 Å². The summed E-state index contributed by atoms with van der Waals surface area (Å²) < 4.78 is 0. The summed E-state index contributed by atoms with van der Waals surface area (Å²) >= 11 is 4.08. The molecule has 66 valence electrons. The SMILES string of the molecule is CCN(CC)C(=O)C(C)CS. The van der Waals surface area contributed by atoms with Crippen LogP contribution in [0.2, 0.25) is 0 Å². The summed E-state index contributed by atoms with van der Waals surface area (Å²) in [5.74, 6) is 0.901. The van der Waals surface area contributed by atoms with Crippen molar-refractivity contribution in [1.29, 1.82) is 0 Å². The molecule has 0 aliphatic rings. The molecule has 0 aromatic heterocycles. The molecular weight excluding hydrogens is 158 g/mol. The molecule has 0 fully saturated rings. The Hall–Kier alpha value is -0.180. The summed E-state index contributed by atoms with van der Waals surface area (Å²) in [5, 5.41) is 0. The Kier molecular flexibility index (Phi) is 5.38. The Labute approximate surface area is 74.4 Å². The molecule has 0 aliphatic carbocycles. The highest BCUT2D eigenvalue weighted by Crippen LogP contribution is 2.03. The molecule has 0 N–H and O–H groups in total. The van der Waals surface area contributed by atoms with Crippen molar-refractivity contribution in [2.45, 2.75) is 20.8 Å². The van der Waals surface area contributed by atoms with Gasteiger partial charge in [0.2, 0.25) is 5.91 Å². The first-order chi connectivity index (χ1) is 5.17. The number of thiol groups is 1. The summed E-state index contributed by atoms with van der Waals surface area (Å²) in [6.45, 7) is 7.49. The zero-order valence-electron chi connectivity index (χ0n) is 7.50. The van der Waals surface area contributed by atoms with Gasteiger partial charge in [0.15, 0.2) is 0 Å². The van der Waals surface area contributed by atoms with Gasteiger partial charge in [-0.05, 0) is 13.8 Å². The van der Waals surface area contributed by atoms with Crippen LogP contribution in [0.3, 0.4) is 0 Å². The lowest BCUT2D eigenvalue weighted by atomic mass is 10.2. The lowest BCUT2D eigenvalue weighted by Gasteiger charge is -2.21. The van der Waals surface area contributed by atoms with Gasteiger partial charge in [-0.1, -0.05) is 6.92 Å². The van der Waals surface area contributed by atoms with Crippen LogP contribution < -0.4 is 0 Å². The summed E-state index contributed by atoms with van der Waals surface area (Å²) in [4.78, 5) is 13.2. The fraction of sp³-hybridized carbons (Fsp3) is 0.875. The van der Waals surface area contributed by atoms with Crippen molar-refractivity contribution >= 4 is 18.5 Å². The second-order valence-electron chi connectivity index (χ2n) is 2.59. The topological polar surface area (TPSA) is 20.3 Å². The molecule has 0 heterocycles. The second kappa shape index (κ2) is 5.47. The van der Waals surface area contributed by atoms with E-state index in [4.69, 9.17) is 0 Å². The van der Waals surface area contributed by atoms with Gasteiger partial charge in [-0.3, -0.25) is 4.79 Å². The Balaban J connectivity index is 3.97. The third-order valence-electron chi connectivity index (χ3n) is 1.77. The Bertz CT molecular complexity index is 123. The number of amides is 1. The van der Waals surface area contributed by atoms with Crippen LogP contribution in [0.1, 0.15) is 20.8 Å². The molecule has 0 saturated heterocycles. The summed E-state index contributed by atoms with van der Waals surface area (Å²) in [7, 11) is 0. The van der Waals surface area contributed by atoms with Crippen LogP contribution in [-0.4, -0.2) is 29.6 Å². The monoisotopic (exact) mass is 175 g/mol. The average Bonchev–Trinajstić information content (AvgIpc) is 2.05. The molecule has 0 spiro atoms. The molecule has 0 saturated carbocycles. The van der Waals surface area contributed by atoms with E-state index in [0.717, 1.165) is 13.1 Å². The third kappa shape index (κ3) is 3.14. The van der Waals surface area contributed by atoms with Crippen molar-refractivity contribution in [2.24, 2.45) is 5.92 Å². The molecule has 0 aromatic rings. The number of rotatable bonds is 4. The molecule has 0 aliphatic heterocycles. The van der Waals surface area contributed by atoms with Crippen LogP contribution in [0.25, 0.3) is 0 Å². The number of hydrogen-bond acceptors (Lipinski definition) is 2. The first-order valence-electron chi connectivity index (χ1n) is 4.06. The van der Waals surface area contributed by atoms with Gasteiger partial charge in [-0.15, -0.1) is 0 Å². The van der Waals surface area contributed by atoms with Gasteiger partial charge in [0, 0.05) is 24.8 Å². The molecule has 0 bridgehead atoms. The quantitative estimate of drug-likeness (QED) is 0.641. The van der Waals surface area contributed by atoms with Crippen molar-refractivity contribution in [3.63, 3.8) is 0 Å². The van der Waals surface area contributed by atoms with Crippen LogP contribution >= 0.6 is 12.6 Å². The zero-order valence-corrected chi connectivity index (χ0v) is 8.40. The van der Waals surface area contributed by atoms with Crippen molar-refractivity contribution in [3.05, 3.63) is 0 Å². The van der Waals surface area contributed by atoms with Crippen LogP contribution in [0.5, 0.6) is 0 Å². The smallest absolute Gasteiger partial charge is 0.226 e. The van der Waals surface area contributed by atoms with E-state index >= 15 is 0 Å². The van der Waals surface area contributed by atoms with Gasteiger partial charge in [0.05, 0.1) is 0 Å². The maximum absolute atomic E-state index is 11.4. The van der Waals surface area contributed by atoms with Crippen molar-refractivity contribution in [3.8, 4) is 0 Å². The van der Waals surface area contributed by atoms with E-state index in [9.17, 15) is 4.79 Å². The first kappa shape index (κ1) is 10.8. The van der Waals surface area contributed by atoms with E-state index in [1.165, 1.54) is 0 Å². The predicted octanol–water partition coefficient (Wildman–Crippen LogP) is 1.42. The van der Waals surface area contributed by atoms with Crippen LogP contribution in [0.15, 0.2) is 0 Å². The van der Waals surface area contributed by atoms with Gasteiger partial charge in [-0.25, -0.2) is 0 Å². The lowest BCUT2D eigenvalue weighted by molar-refractivity contribution is -0.133. The summed E-state index contributed by atoms with van der Waals surface area (Å²) in [5.41, 5.74) is 0. The highest BCUT2D eigenvalue weighted by molar-refractivity contribution is 7.80. The van der Waals surface area contributed by atoms with Crippen molar-refractivity contribution < 1.29 is 4.79 Å². The second-order valence-corrected chi connectivity index (χ2v) is 2.96. The minimum absolute atomic E-state index is 0.0539. The fourth-order valence-corrected chi connectivity index (χ4v) is 1.08. The largest absolute Gasteiger partial charge is 0.343 e. The minimum atomic E-state index is 0.0539. The minimum Gasteiger partial charge on any atom is -0.343 e. The van der Waals surface area contributed by atoms with Crippen LogP contribution in [0.4, 0.5) is 0 Å². The molecule has 2 nitrogen and oxygen atoms in total. The third-order valence-corrected chi connectivity index (χ3v) is 2.32. The molecule has 0 aromatic carbocycles. The van der Waals surface area contributed by atoms with Gasteiger partial charge in [0.1, 0.15) is 0 Å². The number of carbonyl (C=O) groups is 1. The Morgan fingerprint density at radius 2 is 1.91 bits per heavy atom. The molecule has 3 heteroatoms. The summed E-state index contributed by atoms with van der Waals surface area (Å²) in [6.07, 6.45) is 0. The maximum atomic E-state index is 11.4. The number of nitrogens with zero attached hydrogens (tertiary/aromatic N) is 1. The van der Waals surface area contributed by atoms with Crippen molar-refractivity contribution in [2.75, 3.05) is 18.8 Å². The van der Waals surface area contributed by atoms with Gasteiger partial charge >= 0.3 is 0 Å². The highest BCUT2D eigenvalue weighted by atomic mass is 32.1. The van der Waals surface area contributed by atoms with E-state index < -0.39 is 0 Å².